The number of benzene rings is 5. The molecule has 58 heavy (non-hydrogen) atoms. The normalized spacial score (nSPS) is 18.2. The number of thiophene rings is 1. The summed E-state index contributed by atoms with van der Waals surface area (Å²) in [5.74, 6) is -0.0792. The van der Waals surface area contributed by atoms with Crippen LogP contribution in [0.25, 0.3) is 21.2 Å². The smallest absolute Gasteiger partial charge is 0.259 e. The fourth-order valence-corrected chi connectivity index (χ4v) is 11.6. The Balaban J connectivity index is 1.30. The summed E-state index contributed by atoms with van der Waals surface area (Å²) in [6, 6.07) is 38.9. The molecule has 0 amide bonds. The molecule has 2 aliphatic carbocycles. The van der Waals surface area contributed by atoms with Gasteiger partial charge in [0.15, 0.2) is 0 Å². The molecule has 2 nitrogen and oxygen atoms in total. The van der Waals surface area contributed by atoms with Crippen LogP contribution in [0.1, 0.15) is 110 Å². The third-order valence-corrected chi connectivity index (χ3v) is 14.8. The number of hydrogen-bond donors (Lipinski definition) is 0. The minimum Gasteiger partial charge on any atom is -0.334 e. The predicted octanol–water partition coefficient (Wildman–Crippen LogP) is 13.4. The van der Waals surface area contributed by atoms with Gasteiger partial charge in [-0.2, -0.15) is 0 Å². The Morgan fingerprint density at radius 3 is 1.91 bits per heavy atom. The van der Waals surface area contributed by atoms with E-state index in [0.29, 0.717) is 6.42 Å². The van der Waals surface area contributed by atoms with Crippen LogP contribution in [-0.4, -0.2) is 12.8 Å². The first-order valence-electron chi connectivity index (χ1n) is 21.1. The second-order valence-corrected chi connectivity index (χ2v) is 21.9. The molecule has 1 atom stereocenters. The molecular weight excluding hydrogens is 726 g/mol. The molecular formula is C53H54BFN2S. The van der Waals surface area contributed by atoms with Crippen LogP contribution in [0.2, 0.25) is 0 Å². The average Bonchev–Trinajstić information content (AvgIpc) is 3.64. The fraction of sp³-hybridized carbons (Fsp3) is 0.321. The Bertz CT molecular complexity index is 2750. The van der Waals surface area contributed by atoms with Crippen LogP contribution in [0.4, 0.5) is 27.1 Å². The predicted molar refractivity (Wildman–Crippen MR) is 249 cm³/mol. The molecule has 0 spiro atoms. The molecule has 3 heterocycles. The molecule has 0 N–H and O–H groups in total. The molecule has 0 saturated carbocycles. The highest BCUT2D eigenvalue weighted by Gasteiger charge is 2.51. The molecule has 6 aromatic rings. The lowest BCUT2D eigenvalue weighted by Crippen LogP contribution is -2.60. The van der Waals surface area contributed by atoms with E-state index in [4.69, 9.17) is 0 Å². The van der Waals surface area contributed by atoms with Gasteiger partial charge in [-0.05, 0) is 115 Å². The van der Waals surface area contributed by atoms with Crippen molar-refractivity contribution < 1.29 is 4.39 Å². The number of anilines is 4. The molecule has 0 bridgehead atoms. The van der Waals surface area contributed by atoms with Gasteiger partial charge < -0.3 is 9.80 Å². The summed E-state index contributed by atoms with van der Waals surface area (Å²) in [6.45, 7) is 25.2. The summed E-state index contributed by atoms with van der Waals surface area (Å²) in [5.41, 5.74) is 17.3. The van der Waals surface area contributed by atoms with E-state index in [1.165, 1.54) is 70.4 Å². The van der Waals surface area contributed by atoms with Crippen molar-refractivity contribution in [3.63, 3.8) is 0 Å². The summed E-state index contributed by atoms with van der Waals surface area (Å²) in [6.07, 6.45) is 2.17. The van der Waals surface area contributed by atoms with E-state index in [2.05, 4.69) is 189 Å². The fourth-order valence-electron chi connectivity index (χ4n) is 10.3. The van der Waals surface area contributed by atoms with Gasteiger partial charge in [0.2, 0.25) is 0 Å². The number of rotatable bonds is 2. The van der Waals surface area contributed by atoms with Crippen molar-refractivity contribution in [2.45, 2.75) is 110 Å². The van der Waals surface area contributed by atoms with Crippen LogP contribution in [0.3, 0.4) is 0 Å². The van der Waals surface area contributed by atoms with Gasteiger partial charge >= 0.3 is 0 Å². The summed E-state index contributed by atoms with van der Waals surface area (Å²) in [7, 11) is 0. The highest BCUT2D eigenvalue weighted by atomic mass is 32.1. The lowest BCUT2D eigenvalue weighted by Gasteiger charge is -2.49. The van der Waals surface area contributed by atoms with Gasteiger partial charge in [0.05, 0.1) is 11.7 Å². The summed E-state index contributed by atoms with van der Waals surface area (Å²) in [4.78, 5) is 4.88. The van der Waals surface area contributed by atoms with Crippen LogP contribution in [0, 0.1) is 0 Å². The molecule has 5 aromatic carbocycles. The molecule has 0 fully saturated rings. The molecule has 10 rings (SSSR count). The third kappa shape index (κ3) is 5.48. The van der Waals surface area contributed by atoms with Crippen molar-refractivity contribution >= 4 is 61.1 Å². The zero-order valence-electron chi connectivity index (χ0n) is 35.9. The Morgan fingerprint density at radius 2 is 1.28 bits per heavy atom. The maximum Gasteiger partial charge on any atom is 0.259 e. The van der Waals surface area contributed by atoms with Crippen LogP contribution < -0.4 is 20.0 Å². The zero-order chi connectivity index (χ0) is 40.8. The summed E-state index contributed by atoms with van der Waals surface area (Å²) >= 11 is 1.95. The third-order valence-electron chi connectivity index (χ3n) is 13.5. The van der Waals surface area contributed by atoms with E-state index < -0.39 is 0 Å². The minimum absolute atomic E-state index is 0.0145. The van der Waals surface area contributed by atoms with Crippen molar-refractivity contribution in [2.24, 2.45) is 0 Å². The first-order valence-corrected chi connectivity index (χ1v) is 21.9. The number of hydrogen-bond acceptors (Lipinski definition) is 3. The van der Waals surface area contributed by atoms with E-state index >= 15 is 4.39 Å². The highest BCUT2D eigenvalue weighted by molar-refractivity contribution is 7.32. The van der Waals surface area contributed by atoms with Crippen LogP contribution >= 0.6 is 11.3 Å². The van der Waals surface area contributed by atoms with Crippen molar-refractivity contribution in [1.82, 2.24) is 0 Å². The second-order valence-electron chi connectivity index (χ2n) is 20.8. The maximum absolute atomic E-state index is 16.8. The van der Waals surface area contributed by atoms with Gasteiger partial charge in [-0.1, -0.05) is 137 Å². The van der Waals surface area contributed by atoms with E-state index in [0.717, 1.165) is 22.8 Å². The van der Waals surface area contributed by atoms with Crippen molar-refractivity contribution in [1.29, 1.82) is 0 Å². The standard InChI is InChI=1S/C53H54BFN2S/c1-50(2,3)31-16-21-35(22-17-31)56-43-25-20-33(52(7,8)9)26-42(43)54-47-44(56)27-34(55)28-45(47)57(36-23-18-32(19-24-36)51(4,5)6)48-39-29-38-37-14-12-13-15-40(37)53(10,11)41(38)30-46(39)58-49(48)54/h12-27,29-30,45H,28H2,1-11H3. The van der Waals surface area contributed by atoms with Crippen LogP contribution in [0.5, 0.6) is 0 Å². The van der Waals surface area contributed by atoms with Crippen LogP contribution in [-0.2, 0) is 21.7 Å². The van der Waals surface area contributed by atoms with E-state index in [-0.39, 0.29) is 40.2 Å². The lowest BCUT2D eigenvalue weighted by atomic mass is 9.33. The summed E-state index contributed by atoms with van der Waals surface area (Å²) < 4.78 is 19.4. The highest BCUT2D eigenvalue weighted by Crippen LogP contribution is 2.55. The first-order chi connectivity index (χ1) is 27.3. The van der Waals surface area contributed by atoms with Gasteiger partial charge in [-0.15, -0.1) is 11.3 Å². The SMILES string of the molecule is CC(C)(C)c1ccc(N2C3=C4B(c5cc(C(C)(C)C)ccc52)c2sc5cc6c(cc5c2N(c2ccc(C(C)(C)C)cc2)C4CC(F)=C3)-c2ccccc2C6(C)C)cc1. The molecule has 5 heteroatoms. The van der Waals surface area contributed by atoms with E-state index in [9.17, 15) is 0 Å². The van der Waals surface area contributed by atoms with Crippen LogP contribution in [0.15, 0.2) is 126 Å². The van der Waals surface area contributed by atoms with Crippen molar-refractivity contribution in [3.05, 3.63) is 154 Å². The Morgan fingerprint density at radius 1 is 0.672 bits per heavy atom. The van der Waals surface area contributed by atoms with E-state index in [1.807, 2.05) is 17.4 Å². The minimum atomic E-state index is -0.212. The second kappa shape index (κ2) is 12.3. The average molecular weight is 781 g/mol. The first kappa shape index (κ1) is 37.4. The molecule has 1 aromatic heterocycles. The number of halogens is 1. The van der Waals surface area contributed by atoms with Crippen molar-refractivity contribution in [3.8, 4) is 11.1 Å². The monoisotopic (exact) mass is 780 g/mol. The molecule has 0 radical (unpaired) electrons. The summed E-state index contributed by atoms with van der Waals surface area (Å²) in [5, 5.41) is 1.26. The van der Waals surface area contributed by atoms with Gasteiger partial charge in [-0.25, -0.2) is 4.39 Å². The Labute approximate surface area is 349 Å². The zero-order valence-corrected chi connectivity index (χ0v) is 36.8. The van der Waals surface area contributed by atoms with Gasteiger partial charge in [0, 0.05) is 49.5 Å². The van der Waals surface area contributed by atoms with Gasteiger partial charge in [0.25, 0.3) is 6.71 Å². The topological polar surface area (TPSA) is 6.48 Å². The lowest BCUT2D eigenvalue weighted by molar-refractivity contribution is 0.549. The Hall–Kier alpha value is -4.87. The molecule has 1 unspecified atom stereocenters. The largest absolute Gasteiger partial charge is 0.334 e. The number of allylic oxidation sites excluding steroid dienone is 1. The molecule has 0 saturated heterocycles. The number of nitrogens with zero attached hydrogens (tertiary/aromatic N) is 2. The maximum atomic E-state index is 16.8. The van der Waals surface area contributed by atoms with Gasteiger partial charge in [0.1, 0.15) is 5.83 Å². The quantitative estimate of drug-likeness (QED) is 0.162. The molecule has 4 aliphatic rings. The molecule has 292 valence electrons. The van der Waals surface area contributed by atoms with Gasteiger partial charge in [-0.3, -0.25) is 0 Å². The van der Waals surface area contributed by atoms with E-state index in [1.54, 1.807) is 0 Å². The Kier molecular flexibility index (Phi) is 7.95. The van der Waals surface area contributed by atoms with Crippen molar-refractivity contribution in [2.75, 3.05) is 9.80 Å². The molecule has 2 aliphatic heterocycles. The number of fused-ring (bicyclic) bond motifs is 9.